The molecule has 0 spiro atoms. The highest BCUT2D eigenvalue weighted by Gasteiger charge is 2.15. The van der Waals surface area contributed by atoms with Gasteiger partial charge in [-0.1, -0.05) is 6.07 Å². The van der Waals surface area contributed by atoms with Gasteiger partial charge in [-0.05, 0) is 19.1 Å². The van der Waals surface area contributed by atoms with E-state index in [4.69, 9.17) is 0 Å². The Morgan fingerprint density at radius 1 is 1.40 bits per heavy atom. The lowest BCUT2D eigenvalue weighted by atomic mass is 10.2. The van der Waals surface area contributed by atoms with Crippen molar-refractivity contribution in [1.82, 2.24) is 20.1 Å². The molecule has 1 atom stereocenters. The minimum atomic E-state index is -0.329. The average Bonchev–Trinajstić information content (AvgIpc) is 2.98. The van der Waals surface area contributed by atoms with Gasteiger partial charge in [0.25, 0.3) is 0 Å². The van der Waals surface area contributed by atoms with Crippen LogP contribution in [0.3, 0.4) is 0 Å². The first-order chi connectivity index (χ1) is 9.59. The summed E-state index contributed by atoms with van der Waals surface area (Å²) in [7, 11) is 3.86. The summed E-state index contributed by atoms with van der Waals surface area (Å²) < 4.78 is 1.63. The van der Waals surface area contributed by atoms with Crippen LogP contribution in [0.2, 0.25) is 0 Å². The molecule has 0 aliphatic rings. The van der Waals surface area contributed by atoms with E-state index in [2.05, 4.69) is 15.4 Å². The van der Waals surface area contributed by atoms with Gasteiger partial charge in [-0.2, -0.15) is 5.10 Å². The second-order valence-corrected chi connectivity index (χ2v) is 4.76. The van der Waals surface area contributed by atoms with Gasteiger partial charge in [0.15, 0.2) is 0 Å². The van der Waals surface area contributed by atoms with Crippen LogP contribution in [-0.2, 0) is 11.3 Å². The fourth-order valence-electron chi connectivity index (χ4n) is 1.93. The molecule has 2 aromatic rings. The first kappa shape index (κ1) is 14.0. The number of anilines is 1. The van der Waals surface area contributed by atoms with Crippen LogP contribution >= 0.6 is 0 Å². The molecule has 0 aromatic carbocycles. The van der Waals surface area contributed by atoms with Gasteiger partial charge in [0.2, 0.25) is 5.91 Å². The molecule has 1 N–H and O–H groups in total. The van der Waals surface area contributed by atoms with Crippen LogP contribution in [0.15, 0.2) is 36.8 Å². The molecule has 1 amide bonds. The van der Waals surface area contributed by atoms with Gasteiger partial charge in [0, 0.05) is 44.8 Å². The largest absolute Gasteiger partial charge is 0.362 e. The van der Waals surface area contributed by atoms with Crippen molar-refractivity contribution in [3.8, 4) is 0 Å². The van der Waals surface area contributed by atoms with Crippen molar-refractivity contribution in [3.05, 3.63) is 42.4 Å². The van der Waals surface area contributed by atoms with Crippen LogP contribution in [0.1, 0.15) is 18.5 Å². The first-order valence-corrected chi connectivity index (χ1v) is 6.47. The topological polar surface area (TPSA) is 63.1 Å². The van der Waals surface area contributed by atoms with Crippen molar-refractivity contribution in [3.63, 3.8) is 0 Å². The molecule has 0 saturated heterocycles. The van der Waals surface area contributed by atoms with Crippen molar-refractivity contribution in [2.24, 2.45) is 0 Å². The van der Waals surface area contributed by atoms with Gasteiger partial charge in [-0.3, -0.25) is 9.48 Å². The van der Waals surface area contributed by atoms with Crippen LogP contribution in [0.5, 0.6) is 0 Å². The first-order valence-electron chi connectivity index (χ1n) is 6.47. The van der Waals surface area contributed by atoms with E-state index >= 15 is 0 Å². The zero-order valence-electron chi connectivity index (χ0n) is 11.9. The number of carbonyl (C=O) groups is 1. The zero-order chi connectivity index (χ0) is 14.5. The highest BCUT2D eigenvalue weighted by Crippen LogP contribution is 2.14. The maximum atomic E-state index is 12.1. The van der Waals surface area contributed by atoms with Crippen molar-refractivity contribution in [2.45, 2.75) is 19.5 Å². The average molecular weight is 273 g/mol. The molecular weight excluding hydrogens is 254 g/mol. The van der Waals surface area contributed by atoms with E-state index in [-0.39, 0.29) is 11.9 Å². The molecule has 1 unspecified atom stereocenters. The Morgan fingerprint density at radius 3 is 2.85 bits per heavy atom. The maximum absolute atomic E-state index is 12.1. The lowest BCUT2D eigenvalue weighted by molar-refractivity contribution is -0.124. The fraction of sp³-hybridized carbons (Fsp3) is 0.357. The monoisotopic (exact) mass is 273 g/mol. The molecule has 2 aromatic heterocycles. The second kappa shape index (κ2) is 6.18. The van der Waals surface area contributed by atoms with E-state index in [1.54, 1.807) is 29.3 Å². The Kier molecular flexibility index (Phi) is 4.34. The predicted octanol–water partition coefficient (Wildman–Crippen LogP) is 1.22. The minimum Gasteiger partial charge on any atom is -0.362 e. The molecule has 0 aliphatic heterocycles. The number of amides is 1. The molecule has 2 heterocycles. The zero-order valence-corrected chi connectivity index (χ0v) is 11.9. The number of aromatic nitrogens is 3. The fourth-order valence-corrected chi connectivity index (χ4v) is 1.93. The van der Waals surface area contributed by atoms with Crippen LogP contribution in [0.25, 0.3) is 0 Å². The summed E-state index contributed by atoms with van der Waals surface area (Å²) in [6, 6.07) is 5.30. The number of nitrogens with one attached hydrogen (secondary N) is 1. The Bertz CT molecular complexity index is 565. The van der Waals surface area contributed by atoms with Crippen molar-refractivity contribution >= 4 is 11.7 Å². The lowest BCUT2D eigenvalue weighted by Crippen LogP contribution is -2.31. The SMILES string of the molecule is CC(C(=O)NCc1cccnc1N(C)C)n1cccn1. The van der Waals surface area contributed by atoms with Crippen LogP contribution < -0.4 is 10.2 Å². The molecule has 2 rings (SSSR count). The quantitative estimate of drug-likeness (QED) is 0.889. The Labute approximate surface area is 118 Å². The molecule has 0 fully saturated rings. The van der Waals surface area contributed by atoms with E-state index in [9.17, 15) is 4.79 Å². The number of carbonyl (C=O) groups excluding carboxylic acids is 1. The number of rotatable bonds is 5. The van der Waals surface area contributed by atoms with Gasteiger partial charge in [-0.15, -0.1) is 0 Å². The van der Waals surface area contributed by atoms with Gasteiger partial charge < -0.3 is 10.2 Å². The van der Waals surface area contributed by atoms with Crippen LogP contribution in [0, 0.1) is 0 Å². The maximum Gasteiger partial charge on any atom is 0.244 e. The van der Waals surface area contributed by atoms with E-state index in [1.165, 1.54) is 0 Å². The van der Waals surface area contributed by atoms with Crippen molar-refractivity contribution in [1.29, 1.82) is 0 Å². The van der Waals surface area contributed by atoms with E-state index in [1.807, 2.05) is 38.1 Å². The van der Waals surface area contributed by atoms with Crippen molar-refractivity contribution < 1.29 is 4.79 Å². The third-order valence-corrected chi connectivity index (χ3v) is 3.05. The molecular formula is C14H19N5O. The summed E-state index contributed by atoms with van der Waals surface area (Å²) in [5, 5.41) is 6.99. The highest BCUT2D eigenvalue weighted by atomic mass is 16.2. The predicted molar refractivity (Wildman–Crippen MR) is 77.3 cm³/mol. The molecule has 20 heavy (non-hydrogen) atoms. The van der Waals surface area contributed by atoms with Crippen LogP contribution in [0.4, 0.5) is 5.82 Å². The van der Waals surface area contributed by atoms with Gasteiger partial charge >= 0.3 is 0 Å². The summed E-state index contributed by atoms with van der Waals surface area (Å²) in [6.07, 6.45) is 5.18. The third kappa shape index (κ3) is 3.14. The normalized spacial score (nSPS) is 11.9. The Morgan fingerprint density at radius 2 is 2.20 bits per heavy atom. The van der Waals surface area contributed by atoms with Crippen LogP contribution in [-0.4, -0.2) is 34.8 Å². The minimum absolute atomic E-state index is 0.0674. The highest BCUT2D eigenvalue weighted by molar-refractivity contribution is 5.79. The van der Waals surface area contributed by atoms with Gasteiger partial charge in [0.05, 0.1) is 0 Å². The molecule has 0 saturated carbocycles. The number of hydrogen-bond donors (Lipinski definition) is 1. The molecule has 0 aliphatic carbocycles. The standard InChI is InChI=1S/C14H19N5O/c1-11(19-9-5-8-17-19)14(20)16-10-12-6-4-7-15-13(12)18(2)3/h4-9,11H,10H2,1-3H3,(H,16,20). The van der Waals surface area contributed by atoms with E-state index in [0.29, 0.717) is 6.54 Å². The summed E-state index contributed by atoms with van der Waals surface area (Å²) >= 11 is 0. The van der Waals surface area contributed by atoms with Gasteiger partial charge in [-0.25, -0.2) is 4.98 Å². The van der Waals surface area contributed by atoms with Crippen molar-refractivity contribution in [2.75, 3.05) is 19.0 Å². The smallest absolute Gasteiger partial charge is 0.244 e. The summed E-state index contributed by atoms with van der Waals surface area (Å²) in [5.74, 6) is 0.793. The Balaban J connectivity index is 2.00. The van der Waals surface area contributed by atoms with Gasteiger partial charge in [0.1, 0.15) is 11.9 Å². The molecule has 0 bridgehead atoms. The van der Waals surface area contributed by atoms with E-state index < -0.39 is 0 Å². The van der Waals surface area contributed by atoms with E-state index in [0.717, 1.165) is 11.4 Å². The summed E-state index contributed by atoms with van der Waals surface area (Å²) in [6.45, 7) is 2.27. The Hall–Kier alpha value is -2.37. The molecule has 106 valence electrons. The number of hydrogen-bond acceptors (Lipinski definition) is 4. The molecule has 0 radical (unpaired) electrons. The molecule has 6 nitrogen and oxygen atoms in total. The third-order valence-electron chi connectivity index (χ3n) is 3.05. The second-order valence-electron chi connectivity index (χ2n) is 4.76. The number of pyridine rings is 1. The molecule has 6 heteroatoms. The lowest BCUT2D eigenvalue weighted by Gasteiger charge is -2.17. The number of nitrogens with zero attached hydrogens (tertiary/aromatic N) is 4. The summed E-state index contributed by atoms with van der Waals surface area (Å²) in [4.78, 5) is 18.3. The summed E-state index contributed by atoms with van der Waals surface area (Å²) in [5.41, 5.74) is 0.985.